The molecule has 2 aliphatic heterocycles. The van der Waals surface area contributed by atoms with Crippen LogP contribution in [0.3, 0.4) is 0 Å². The molecule has 2 aromatic heterocycles. The molecular weight excluding hydrogens is 416 g/mol. The average Bonchev–Trinajstić information content (AvgIpc) is 3.43. The molecule has 166 valence electrons. The van der Waals surface area contributed by atoms with Crippen molar-refractivity contribution in [1.29, 1.82) is 0 Å². The number of benzene rings is 2. The number of carbonyl (C=O) groups is 1. The Bertz CT molecular complexity index is 1340. The van der Waals surface area contributed by atoms with Crippen LogP contribution < -0.4 is 15.8 Å². The third kappa shape index (κ3) is 3.68. The molecule has 0 atom stereocenters. The average molecular weight is 441 g/mol. The fourth-order valence-corrected chi connectivity index (χ4v) is 4.68. The highest BCUT2D eigenvalue weighted by Gasteiger charge is 2.28. The lowest BCUT2D eigenvalue weighted by Crippen LogP contribution is -2.48. The number of rotatable bonds is 6. The van der Waals surface area contributed by atoms with Crippen molar-refractivity contribution in [2.75, 3.05) is 31.6 Å². The highest BCUT2D eigenvalue weighted by atomic mass is 16.5. The van der Waals surface area contributed by atoms with E-state index in [0.717, 1.165) is 54.3 Å². The number of nitrogens with two attached hydrogens (primary N) is 1. The second-order valence-corrected chi connectivity index (χ2v) is 8.63. The highest BCUT2D eigenvalue weighted by Crippen LogP contribution is 2.37. The maximum atomic E-state index is 11.0. The van der Waals surface area contributed by atoms with Gasteiger partial charge < -0.3 is 15.8 Å². The minimum absolute atomic E-state index is 0.278. The van der Waals surface area contributed by atoms with E-state index in [1.54, 1.807) is 0 Å². The van der Waals surface area contributed by atoms with Gasteiger partial charge in [0.25, 0.3) is 0 Å². The van der Waals surface area contributed by atoms with Gasteiger partial charge in [0.05, 0.1) is 30.6 Å². The SMILES string of the molecule is NC(=O)CN1CC(c2ccc(Nc3ncc4ccc(-c5cccc6c5OCC6)n4n3)cc2)C1. The molecule has 1 saturated heterocycles. The van der Waals surface area contributed by atoms with Crippen molar-refractivity contribution in [2.24, 2.45) is 5.73 Å². The van der Waals surface area contributed by atoms with Gasteiger partial charge in [0, 0.05) is 36.7 Å². The van der Waals surface area contributed by atoms with Crippen molar-refractivity contribution in [3.05, 3.63) is 71.9 Å². The largest absolute Gasteiger partial charge is 0.492 e. The monoisotopic (exact) mass is 440 g/mol. The number of anilines is 2. The molecule has 0 aliphatic carbocycles. The molecule has 6 rings (SSSR count). The number of fused-ring (bicyclic) bond motifs is 2. The van der Waals surface area contributed by atoms with Crippen LogP contribution in [0.1, 0.15) is 17.0 Å². The zero-order chi connectivity index (χ0) is 22.4. The summed E-state index contributed by atoms with van der Waals surface area (Å²) in [5, 5.41) is 8.05. The zero-order valence-electron chi connectivity index (χ0n) is 18.1. The first-order valence-corrected chi connectivity index (χ1v) is 11.1. The number of nitrogens with zero attached hydrogens (tertiary/aromatic N) is 4. The summed E-state index contributed by atoms with van der Waals surface area (Å²) in [4.78, 5) is 17.6. The van der Waals surface area contributed by atoms with E-state index >= 15 is 0 Å². The predicted octanol–water partition coefficient (Wildman–Crippen LogP) is 2.96. The Kier molecular flexibility index (Phi) is 4.73. The molecule has 0 saturated carbocycles. The molecule has 2 aliphatic rings. The Hall–Kier alpha value is -3.91. The van der Waals surface area contributed by atoms with Gasteiger partial charge in [-0.3, -0.25) is 9.69 Å². The van der Waals surface area contributed by atoms with Gasteiger partial charge in [0.1, 0.15) is 5.75 Å². The Morgan fingerprint density at radius 3 is 2.79 bits per heavy atom. The summed E-state index contributed by atoms with van der Waals surface area (Å²) in [6.45, 7) is 2.77. The number of hydrogen-bond donors (Lipinski definition) is 2. The molecule has 1 fully saturated rings. The standard InChI is InChI=1S/C25H24N6O2/c26-23(32)15-30-13-18(14-30)16-4-6-19(7-5-16)28-25-27-12-20-8-9-22(31(20)29-25)21-3-1-2-17-10-11-33-24(17)21/h1-9,12,18H,10-11,13-15H2,(H2,26,32)(H,28,29). The number of primary amides is 1. The van der Waals surface area contributed by atoms with Crippen molar-refractivity contribution >= 4 is 23.1 Å². The van der Waals surface area contributed by atoms with Crippen molar-refractivity contribution in [1.82, 2.24) is 19.5 Å². The number of amides is 1. The van der Waals surface area contributed by atoms with Gasteiger partial charge in [-0.15, -0.1) is 5.10 Å². The summed E-state index contributed by atoms with van der Waals surface area (Å²) >= 11 is 0. The number of hydrogen-bond acceptors (Lipinski definition) is 6. The Balaban J connectivity index is 1.21. The van der Waals surface area contributed by atoms with Crippen molar-refractivity contribution < 1.29 is 9.53 Å². The molecule has 8 heteroatoms. The van der Waals surface area contributed by atoms with Crippen LogP contribution in [0.25, 0.3) is 16.8 Å². The highest BCUT2D eigenvalue weighted by molar-refractivity contribution is 5.76. The van der Waals surface area contributed by atoms with Crippen LogP contribution in [0.15, 0.2) is 60.8 Å². The molecule has 1 amide bonds. The van der Waals surface area contributed by atoms with Gasteiger partial charge in [-0.25, -0.2) is 9.50 Å². The lowest BCUT2D eigenvalue weighted by Gasteiger charge is -2.38. The van der Waals surface area contributed by atoms with Crippen molar-refractivity contribution in [2.45, 2.75) is 12.3 Å². The predicted molar refractivity (Wildman–Crippen MR) is 126 cm³/mol. The molecule has 0 bridgehead atoms. The third-order valence-corrected chi connectivity index (χ3v) is 6.36. The number of carbonyl (C=O) groups excluding carboxylic acids is 1. The summed E-state index contributed by atoms with van der Waals surface area (Å²) in [5.74, 6) is 1.63. The Labute approximate surface area is 191 Å². The van der Waals surface area contributed by atoms with Crippen molar-refractivity contribution in [3.8, 4) is 17.0 Å². The van der Waals surface area contributed by atoms with Crippen molar-refractivity contribution in [3.63, 3.8) is 0 Å². The van der Waals surface area contributed by atoms with E-state index in [4.69, 9.17) is 15.6 Å². The van der Waals surface area contributed by atoms with Crippen LogP contribution in [-0.2, 0) is 11.2 Å². The first-order chi connectivity index (χ1) is 16.1. The van der Waals surface area contributed by atoms with Gasteiger partial charge in [0.2, 0.25) is 11.9 Å². The van der Waals surface area contributed by atoms with Gasteiger partial charge >= 0.3 is 0 Å². The molecule has 0 radical (unpaired) electrons. The van der Waals surface area contributed by atoms with E-state index in [1.807, 2.05) is 28.9 Å². The van der Waals surface area contributed by atoms with Crippen LogP contribution >= 0.6 is 0 Å². The maximum Gasteiger partial charge on any atom is 0.245 e. The second-order valence-electron chi connectivity index (χ2n) is 8.63. The lowest BCUT2D eigenvalue weighted by molar-refractivity contribution is -0.120. The van der Waals surface area contributed by atoms with Gasteiger partial charge in [-0.05, 0) is 41.5 Å². The first-order valence-electron chi connectivity index (χ1n) is 11.1. The van der Waals surface area contributed by atoms with Crippen LogP contribution in [0.5, 0.6) is 5.75 Å². The molecule has 2 aromatic carbocycles. The minimum atomic E-state index is -0.278. The molecule has 4 aromatic rings. The van der Waals surface area contributed by atoms with E-state index < -0.39 is 0 Å². The first kappa shape index (κ1) is 19.8. The third-order valence-electron chi connectivity index (χ3n) is 6.36. The van der Waals surface area contributed by atoms with E-state index in [9.17, 15) is 4.79 Å². The van der Waals surface area contributed by atoms with Crippen LogP contribution in [-0.4, -0.2) is 51.6 Å². The maximum absolute atomic E-state index is 11.0. The Morgan fingerprint density at radius 2 is 1.97 bits per heavy atom. The fraction of sp³-hybridized carbons (Fsp3) is 0.240. The van der Waals surface area contributed by atoms with Gasteiger partial charge in [-0.2, -0.15) is 0 Å². The van der Waals surface area contributed by atoms with Gasteiger partial charge in [-0.1, -0.05) is 24.3 Å². The van der Waals surface area contributed by atoms with E-state index in [2.05, 4.69) is 51.6 Å². The summed E-state index contributed by atoms with van der Waals surface area (Å²) in [5.41, 5.74) is 11.6. The summed E-state index contributed by atoms with van der Waals surface area (Å²) in [6, 6.07) is 18.6. The van der Waals surface area contributed by atoms with E-state index in [-0.39, 0.29) is 5.91 Å². The number of likely N-dealkylation sites (tertiary alicyclic amines) is 1. The number of ether oxygens (including phenoxy) is 1. The number of aromatic nitrogens is 3. The van der Waals surface area contributed by atoms with Crippen LogP contribution in [0, 0.1) is 0 Å². The molecule has 0 unspecified atom stereocenters. The molecule has 3 N–H and O–H groups in total. The molecule has 4 heterocycles. The van der Waals surface area contributed by atoms with E-state index in [1.165, 1.54) is 11.1 Å². The second kappa shape index (κ2) is 7.90. The summed E-state index contributed by atoms with van der Waals surface area (Å²) < 4.78 is 7.81. The quantitative estimate of drug-likeness (QED) is 0.478. The smallest absolute Gasteiger partial charge is 0.245 e. The summed E-state index contributed by atoms with van der Waals surface area (Å²) in [6.07, 6.45) is 2.76. The topological polar surface area (TPSA) is 97.8 Å². The Morgan fingerprint density at radius 1 is 1.12 bits per heavy atom. The molecule has 33 heavy (non-hydrogen) atoms. The number of nitrogens with one attached hydrogen (secondary N) is 1. The number of para-hydroxylation sites is 1. The minimum Gasteiger partial charge on any atom is -0.492 e. The zero-order valence-corrected chi connectivity index (χ0v) is 18.1. The molecule has 0 spiro atoms. The van der Waals surface area contributed by atoms with Crippen LogP contribution in [0.4, 0.5) is 11.6 Å². The van der Waals surface area contributed by atoms with Crippen LogP contribution in [0.2, 0.25) is 0 Å². The molecule has 8 nitrogen and oxygen atoms in total. The fourth-order valence-electron chi connectivity index (χ4n) is 4.68. The lowest BCUT2D eigenvalue weighted by atomic mass is 9.91. The van der Waals surface area contributed by atoms with E-state index in [0.29, 0.717) is 18.4 Å². The van der Waals surface area contributed by atoms with Gasteiger partial charge in [0.15, 0.2) is 0 Å². The molecular formula is C25H24N6O2. The normalized spacial score (nSPS) is 15.8. The summed E-state index contributed by atoms with van der Waals surface area (Å²) in [7, 11) is 0.